The molecule has 1 aromatic heterocycles. The number of ether oxygens (including phenoxy) is 1. The maximum absolute atomic E-state index is 9.45. The molecule has 102 valence electrons. The zero-order chi connectivity index (χ0) is 13.4. The fourth-order valence-corrected chi connectivity index (χ4v) is 1.43. The lowest BCUT2D eigenvalue weighted by molar-refractivity contribution is 0.164. The zero-order valence-corrected chi connectivity index (χ0v) is 11.1. The summed E-state index contributed by atoms with van der Waals surface area (Å²) in [5.74, 6) is 1.19. The molecule has 0 aromatic carbocycles. The van der Waals surface area contributed by atoms with Gasteiger partial charge in [0.05, 0.1) is 18.4 Å². The van der Waals surface area contributed by atoms with Gasteiger partial charge in [0, 0.05) is 6.54 Å². The summed E-state index contributed by atoms with van der Waals surface area (Å²) < 4.78 is 5.45. The summed E-state index contributed by atoms with van der Waals surface area (Å²) in [5.41, 5.74) is 6.32. The quantitative estimate of drug-likeness (QED) is 0.660. The Kier molecular flexibility index (Phi) is 6.28. The maximum atomic E-state index is 9.45. The van der Waals surface area contributed by atoms with E-state index in [1.54, 1.807) is 6.07 Å². The lowest BCUT2D eigenvalue weighted by Crippen LogP contribution is -2.13. The molecule has 1 aromatic rings. The van der Waals surface area contributed by atoms with Crippen LogP contribution in [-0.2, 0) is 0 Å². The largest absolute Gasteiger partial charge is 0.476 e. The number of nitrogen functional groups attached to an aromatic ring is 1. The number of hydrogen-bond donors (Lipinski definition) is 3. The Morgan fingerprint density at radius 3 is 2.89 bits per heavy atom. The number of hydrogen-bond acceptors (Lipinski definition) is 5. The van der Waals surface area contributed by atoms with E-state index in [1.807, 2.05) is 19.9 Å². The molecule has 0 saturated carbocycles. The van der Waals surface area contributed by atoms with Crippen LogP contribution >= 0.6 is 0 Å². The van der Waals surface area contributed by atoms with Crippen LogP contribution in [0.1, 0.15) is 33.1 Å². The van der Waals surface area contributed by atoms with Gasteiger partial charge in [0.2, 0.25) is 5.88 Å². The Bertz CT molecular complexity index is 358. The number of aliphatic hydroxyl groups is 1. The van der Waals surface area contributed by atoms with E-state index in [4.69, 9.17) is 10.5 Å². The molecule has 4 N–H and O–H groups in total. The van der Waals surface area contributed by atoms with Gasteiger partial charge in [0.1, 0.15) is 5.82 Å². The fourth-order valence-electron chi connectivity index (χ4n) is 1.43. The van der Waals surface area contributed by atoms with Crippen LogP contribution in [0.5, 0.6) is 5.88 Å². The molecule has 5 nitrogen and oxygen atoms in total. The van der Waals surface area contributed by atoms with E-state index in [9.17, 15) is 5.11 Å². The minimum atomic E-state index is -0.262. The van der Waals surface area contributed by atoms with Gasteiger partial charge in [-0.15, -0.1) is 0 Å². The monoisotopic (exact) mass is 253 g/mol. The average molecular weight is 253 g/mol. The van der Waals surface area contributed by atoms with Crippen LogP contribution in [-0.4, -0.2) is 29.3 Å². The van der Waals surface area contributed by atoms with Crippen molar-refractivity contribution in [1.82, 2.24) is 4.98 Å². The molecule has 0 spiro atoms. The van der Waals surface area contributed by atoms with Crippen molar-refractivity contribution in [2.24, 2.45) is 0 Å². The van der Waals surface area contributed by atoms with Gasteiger partial charge in [-0.25, -0.2) is 0 Å². The van der Waals surface area contributed by atoms with Gasteiger partial charge < -0.3 is 20.9 Å². The predicted molar refractivity (Wildman–Crippen MR) is 73.8 cm³/mol. The average Bonchev–Trinajstić information content (AvgIpc) is 2.38. The van der Waals surface area contributed by atoms with Crippen molar-refractivity contribution in [2.75, 3.05) is 24.2 Å². The number of nitrogens with zero attached hydrogens (tertiary/aromatic N) is 1. The van der Waals surface area contributed by atoms with E-state index in [0.717, 1.165) is 18.7 Å². The van der Waals surface area contributed by atoms with Crippen LogP contribution in [0, 0.1) is 0 Å². The zero-order valence-electron chi connectivity index (χ0n) is 11.1. The van der Waals surface area contributed by atoms with Gasteiger partial charge in [-0.1, -0.05) is 13.8 Å². The third-order valence-corrected chi connectivity index (χ3v) is 2.59. The summed E-state index contributed by atoms with van der Waals surface area (Å²) in [6.45, 7) is 5.28. The summed E-state index contributed by atoms with van der Waals surface area (Å²) in [6, 6.07) is 3.59. The van der Waals surface area contributed by atoms with E-state index in [1.165, 1.54) is 0 Å². The number of nitrogens with one attached hydrogen (secondary N) is 1. The molecule has 0 aliphatic rings. The number of rotatable bonds is 8. The molecule has 1 atom stereocenters. The van der Waals surface area contributed by atoms with Crippen LogP contribution in [0.4, 0.5) is 11.5 Å². The molecule has 0 saturated heterocycles. The Balaban J connectivity index is 2.50. The maximum Gasteiger partial charge on any atom is 0.239 e. The van der Waals surface area contributed by atoms with Crippen LogP contribution in [0.25, 0.3) is 0 Å². The first-order chi connectivity index (χ1) is 8.67. The first-order valence-electron chi connectivity index (χ1n) is 6.48. The van der Waals surface area contributed by atoms with Crippen molar-refractivity contribution in [3.63, 3.8) is 0 Å². The molecule has 0 radical (unpaired) electrons. The van der Waals surface area contributed by atoms with Crippen molar-refractivity contribution < 1.29 is 9.84 Å². The van der Waals surface area contributed by atoms with Crippen molar-refractivity contribution in [3.05, 3.63) is 12.1 Å². The van der Waals surface area contributed by atoms with Crippen molar-refractivity contribution in [1.29, 1.82) is 0 Å². The highest BCUT2D eigenvalue weighted by molar-refractivity contribution is 5.53. The number of anilines is 2. The molecule has 0 fully saturated rings. The normalized spacial score (nSPS) is 12.2. The van der Waals surface area contributed by atoms with Gasteiger partial charge in [-0.05, 0) is 31.4 Å². The van der Waals surface area contributed by atoms with E-state index < -0.39 is 0 Å². The molecule has 0 amide bonds. The first-order valence-corrected chi connectivity index (χ1v) is 6.48. The molecule has 0 aliphatic heterocycles. The van der Waals surface area contributed by atoms with Crippen molar-refractivity contribution >= 4 is 11.5 Å². The first kappa shape index (κ1) is 14.6. The van der Waals surface area contributed by atoms with E-state index in [-0.39, 0.29) is 6.10 Å². The van der Waals surface area contributed by atoms with Crippen LogP contribution in [0.2, 0.25) is 0 Å². The van der Waals surface area contributed by atoms with Crippen molar-refractivity contribution in [2.45, 2.75) is 39.2 Å². The Hall–Kier alpha value is -1.49. The topological polar surface area (TPSA) is 80.4 Å². The Labute approximate surface area is 108 Å². The molecule has 0 bridgehead atoms. The lowest BCUT2D eigenvalue weighted by atomic mass is 10.2. The second kappa shape index (κ2) is 7.76. The number of aromatic nitrogens is 1. The minimum absolute atomic E-state index is 0.262. The highest BCUT2D eigenvalue weighted by Gasteiger charge is 2.05. The summed E-state index contributed by atoms with van der Waals surface area (Å²) in [6.07, 6.45) is 2.12. The van der Waals surface area contributed by atoms with Gasteiger partial charge in [0.15, 0.2) is 0 Å². The molecule has 1 rings (SSSR count). The van der Waals surface area contributed by atoms with Gasteiger partial charge >= 0.3 is 0 Å². The molecule has 18 heavy (non-hydrogen) atoms. The lowest BCUT2D eigenvalue weighted by Gasteiger charge is -2.11. The minimum Gasteiger partial charge on any atom is -0.476 e. The van der Waals surface area contributed by atoms with E-state index in [2.05, 4.69) is 10.3 Å². The number of aliphatic hydroxyl groups excluding tert-OH is 1. The third kappa shape index (κ3) is 4.79. The second-order valence-electron chi connectivity index (χ2n) is 4.22. The molecular weight excluding hydrogens is 230 g/mol. The highest BCUT2D eigenvalue weighted by atomic mass is 16.5. The Morgan fingerprint density at radius 2 is 2.22 bits per heavy atom. The SMILES string of the molecule is CCCOc1nc(NCCC(O)CC)ccc1N. The van der Waals surface area contributed by atoms with E-state index in [0.29, 0.717) is 31.1 Å². The molecule has 0 aliphatic carbocycles. The molecule has 1 heterocycles. The fraction of sp³-hybridized carbons (Fsp3) is 0.615. The van der Waals surface area contributed by atoms with Crippen LogP contribution in [0.3, 0.4) is 0 Å². The van der Waals surface area contributed by atoms with Crippen molar-refractivity contribution in [3.8, 4) is 5.88 Å². The molecule has 1 unspecified atom stereocenters. The standard InChI is InChI=1S/C13H23N3O2/c1-3-9-18-13-11(14)5-6-12(16-13)15-8-7-10(17)4-2/h5-6,10,17H,3-4,7-9,14H2,1-2H3,(H,15,16). The Morgan fingerprint density at radius 1 is 1.44 bits per heavy atom. The van der Waals surface area contributed by atoms with Gasteiger partial charge in [0.25, 0.3) is 0 Å². The summed E-state index contributed by atoms with van der Waals surface area (Å²) >= 11 is 0. The second-order valence-corrected chi connectivity index (χ2v) is 4.22. The predicted octanol–water partition coefficient (Wildman–Crippen LogP) is 2.03. The number of pyridine rings is 1. The van der Waals surface area contributed by atoms with Crippen LogP contribution in [0.15, 0.2) is 12.1 Å². The van der Waals surface area contributed by atoms with Crippen LogP contribution < -0.4 is 15.8 Å². The molecular formula is C13H23N3O2. The highest BCUT2D eigenvalue weighted by Crippen LogP contribution is 2.21. The van der Waals surface area contributed by atoms with E-state index >= 15 is 0 Å². The molecule has 5 heteroatoms. The summed E-state index contributed by atoms with van der Waals surface area (Å²) in [4.78, 5) is 4.29. The summed E-state index contributed by atoms with van der Waals surface area (Å²) in [7, 11) is 0. The van der Waals surface area contributed by atoms with Gasteiger partial charge in [-0.3, -0.25) is 0 Å². The summed E-state index contributed by atoms with van der Waals surface area (Å²) in [5, 5.41) is 12.6. The number of nitrogens with two attached hydrogens (primary N) is 1. The van der Waals surface area contributed by atoms with Gasteiger partial charge in [-0.2, -0.15) is 4.98 Å². The smallest absolute Gasteiger partial charge is 0.239 e. The third-order valence-electron chi connectivity index (χ3n) is 2.59.